The van der Waals surface area contributed by atoms with Crippen LogP contribution in [0.15, 0.2) is 18.2 Å². The number of hydrogen-bond acceptors (Lipinski definition) is 4. The van der Waals surface area contributed by atoms with Gasteiger partial charge in [-0.25, -0.2) is 0 Å². The van der Waals surface area contributed by atoms with E-state index < -0.39 is 5.91 Å². The van der Waals surface area contributed by atoms with Crippen molar-refractivity contribution in [1.29, 1.82) is 0 Å². The van der Waals surface area contributed by atoms with Gasteiger partial charge in [0.05, 0.1) is 0 Å². The van der Waals surface area contributed by atoms with Gasteiger partial charge in [-0.15, -0.1) is 0 Å². The number of rotatable bonds is 7. The highest BCUT2D eigenvalue weighted by atomic mass is 16.5. The van der Waals surface area contributed by atoms with Crippen LogP contribution in [0.3, 0.4) is 0 Å². The van der Waals surface area contributed by atoms with Crippen molar-refractivity contribution in [3.05, 3.63) is 29.3 Å². The van der Waals surface area contributed by atoms with Crippen LogP contribution in [0.25, 0.3) is 0 Å². The number of hydrogen-bond donors (Lipinski definition) is 3. The molecule has 3 amide bonds. The summed E-state index contributed by atoms with van der Waals surface area (Å²) in [5.41, 5.74) is 6.45. The maximum absolute atomic E-state index is 12.9. The summed E-state index contributed by atoms with van der Waals surface area (Å²) < 4.78 is 5.57. The molecule has 4 aliphatic rings. The third-order valence-corrected chi connectivity index (χ3v) is 7.26. The number of benzene rings is 1. The molecule has 0 saturated heterocycles. The number of carbonyl (C=O) groups excluding carboxylic acids is 3. The van der Waals surface area contributed by atoms with Gasteiger partial charge in [-0.1, -0.05) is 18.2 Å². The van der Waals surface area contributed by atoms with E-state index in [1.54, 1.807) is 0 Å². The first-order valence-corrected chi connectivity index (χ1v) is 11.4. The van der Waals surface area contributed by atoms with Crippen molar-refractivity contribution >= 4 is 17.7 Å². The largest absolute Gasteiger partial charge is 0.483 e. The van der Waals surface area contributed by atoms with Gasteiger partial charge >= 0.3 is 0 Å². The molecule has 4 bridgehead atoms. The van der Waals surface area contributed by atoms with E-state index in [1.807, 2.05) is 32.0 Å². The standard InChI is InChI=1S/C24H33N3O4/c1-15-4-3-5-16(2)22(15)31-14-21(29)27-26-20(28)6-7-25-23(30)24-11-17-8-18(12-24)10-19(9-17)13-24/h3-5,17-19H,6-14H2,1-2H3,(H,25,30)(H,26,28)(H,27,29). The molecule has 4 aliphatic carbocycles. The highest BCUT2D eigenvalue weighted by Crippen LogP contribution is 2.60. The molecule has 0 atom stereocenters. The molecule has 1 aromatic carbocycles. The molecular weight excluding hydrogens is 394 g/mol. The molecule has 5 rings (SSSR count). The van der Waals surface area contributed by atoms with E-state index in [0.29, 0.717) is 23.5 Å². The van der Waals surface area contributed by atoms with Crippen molar-refractivity contribution in [2.45, 2.75) is 58.8 Å². The molecule has 0 aliphatic heterocycles. The van der Waals surface area contributed by atoms with Gasteiger partial charge in [0.1, 0.15) is 5.75 Å². The Balaban J connectivity index is 1.15. The number of hydrazine groups is 1. The average Bonchev–Trinajstić information content (AvgIpc) is 2.71. The number of carbonyl (C=O) groups is 3. The molecule has 0 heterocycles. The van der Waals surface area contributed by atoms with E-state index in [4.69, 9.17) is 4.74 Å². The Labute approximate surface area is 183 Å². The summed E-state index contributed by atoms with van der Waals surface area (Å²) in [6, 6.07) is 5.76. The summed E-state index contributed by atoms with van der Waals surface area (Å²) in [7, 11) is 0. The Hall–Kier alpha value is -2.57. The first kappa shape index (κ1) is 21.7. The summed E-state index contributed by atoms with van der Waals surface area (Å²) in [5.74, 6) is 2.14. The van der Waals surface area contributed by atoms with Gasteiger partial charge in [0, 0.05) is 18.4 Å². The zero-order chi connectivity index (χ0) is 22.0. The van der Waals surface area contributed by atoms with Crippen LogP contribution in [0.5, 0.6) is 5.75 Å². The molecule has 4 fully saturated rings. The molecule has 7 heteroatoms. The van der Waals surface area contributed by atoms with Crippen LogP contribution < -0.4 is 20.9 Å². The van der Waals surface area contributed by atoms with Gasteiger partial charge in [0.15, 0.2) is 6.61 Å². The molecule has 31 heavy (non-hydrogen) atoms. The molecule has 0 spiro atoms. The minimum absolute atomic E-state index is 0.116. The Kier molecular flexibility index (Phi) is 6.21. The smallest absolute Gasteiger partial charge is 0.276 e. The van der Waals surface area contributed by atoms with Crippen LogP contribution in [-0.2, 0) is 14.4 Å². The third-order valence-electron chi connectivity index (χ3n) is 7.26. The van der Waals surface area contributed by atoms with E-state index in [-0.39, 0.29) is 36.8 Å². The van der Waals surface area contributed by atoms with Crippen molar-refractivity contribution in [1.82, 2.24) is 16.2 Å². The molecule has 4 saturated carbocycles. The van der Waals surface area contributed by atoms with E-state index in [9.17, 15) is 14.4 Å². The maximum atomic E-state index is 12.9. The second-order valence-corrected chi connectivity index (χ2v) is 9.81. The fraction of sp³-hybridized carbons (Fsp3) is 0.625. The van der Waals surface area contributed by atoms with Crippen molar-refractivity contribution in [3.63, 3.8) is 0 Å². The van der Waals surface area contributed by atoms with Gasteiger partial charge in [-0.05, 0) is 81.3 Å². The van der Waals surface area contributed by atoms with Crippen molar-refractivity contribution in [3.8, 4) is 5.75 Å². The summed E-state index contributed by atoms with van der Waals surface area (Å²) in [4.78, 5) is 36.9. The monoisotopic (exact) mass is 427 g/mol. The Morgan fingerprint density at radius 1 is 0.935 bits per heavy atom. The Morgan fingerprint density at radius 2 is 1.48 bits per heavy atom. The minimum atomic E-state index is -0.436. The number of para-hydroxylation sites is 1. The maximum Gasteiger partial charge on any atom is 0.276 e. The second kappa shape index (κ2) is 8.89. The quantitative estimate of drug-likeness (QED) is 0.583. The molecular formula is C24H33N3O4. The SMILES string of the molecule is Cc1cccc(C)c1OCC(=O)NNC(=O)CCNC(=O)C12CC3CC(CC(C3)C1)C2. The predicted octanol–water partition coefficient (Wildman–Crippen LogP) is 2.55. The molecule has 7 nitrogen and oxygen atoms in total. The lowest BCUT2D eigenvalue weighted by molar-refractivity contribution is -0.146. The van der Waals surface area contributed by atoms with Crippen LogP contribution in [0.4, 0.5) is 0 Å². The molecule has 0 unspecified atom stereocenters. The first-order valence-electron chi connectivity index (χ1n) is 11.4. The van der Waals surface area contributed by atoms with Crippen molar-refractivity contribution in [2.24, 2.45) is 23.2 Å². The number of ether oxygens (including phenoxy) is 1. The average molecular weight is 428 g/mol. The summed E-state index contributed by atoms with van der Waals surface area (Å²) in [6.45, 7) is 3.93. The van der Waals surface area contributed by atoms with Gasteiger partial charge in [0.25, 0.3) is 5.91 Å². The van der Waals surface area contributed by atoms with Gasteiger partial charge < -0.3 is 10.1 Å². The Bertz CT molecular complexity index is 811. The third kappa shape index (κ3) is 4.86. The van der Waals surface area contributed by atoms with Crippen LogP contribution in [0.1, 0.15) is 56.1 Å². The van der Waals surface area contributed by atoms with Crippen LogP contribution in [0, 0.1) is 37.0 Å². The van der Waals surface area contributed by atoms with E-state index in [2.05, 4.69) is 16.2 Å². The second-order valence-electron chi connectivity index (χ2n) is 9.81. The van der Waals surface area contributed by atoms with Crippen LogP contribution in [0.2, 0.25) is 0 Å². The fourth-order valence-corrected chi connectivity index (χ4v) is 6.27. The lowest BCUT2D eigenvalue weighted by Crippen LogP contribution is -2.54. The van der Waals surface area contributed by atoms with Crippen LogP contribution >= 0.6 is 0 Å². The predicted molar refractivity (Wildman–Crippen MR) is 116 cm³/mol. The van der Waals surface area contributed by atoms with Gasteiger partial charge in [0.2, 0.25) is 11.8 Å². The van der Waals surface area contributed by atoms with Gasteiger partial charge in [-0.3, -0.25) is 25.2 Å². The first-order chi connectivity index (χ1) is 14.8. The molecule has 168 valence electrons. The topological polar surface area (TPSA) is 96.5 Å². The van der Waals surface area contributed by atoms with E-state index in [0.717, 1.165) is 30.4 Å². The summed E-state index contributed by atoms with van der Waals surface area (Å²) >= 11 is 0. The highest BCUT2D eigenvalue weighted by molar-refractivity contribution is 5.85. The lowest BCUT2D eigenvalue weighted by Gasteiger charge is -2.55. The van der Waals surface area contributed by atoms with E-state index in [1.165, 1.54) is 19.3 Å². The molecule has 1 aromatic rings. The summed E-state index contributed by atoms with van der Waals surface area (Å²) in [6.07, 6.45) is 7.02. The molecule has 0 aromatic heterocycles. The van der Waals surface area contributed by atoms with E-state index >= 15 is 0 Å². The summed E-state index contributed by atoms with van der Waals surface area (Å²) in [5, 5.41) is 2.98. The van der Waals surface area contributed by atoms with Gasteiger partial charge in [-0.2, -0.15) is 0 Å². The number of amides is 3. The molecule has 0 radical (unpaired) electrons. The van der Waals surface area contributed by atoms with Crippen LogP contribution in [-0.4, -0.2) is 30.9 Å². The zero-order valence-corrected chi connectivity index (χ0v) is 18.5. The Morgan fingerprint density at radius 3 is 2.06 bits per heavy atom. The highest BCUT2D eigenvalue weighted by Gasteiger charge is 2.54. The van der Waals surface area contributed by atoms with Crippen molar-refractivity contribution in [2.75, 3.05) is 13.2 Å². The lowest BCUT2D eigenvalue weighted by atomic mass is 9.49. The number of aryl methyl sites for hydroxylation is 2. The minimum Gasteiger partial charge on any atom is -0.483 e. The van der Waals surface area contributed by atoms with Crippen molar-refractivity contribution < 1.29 is 19.1 Å². The zero-order valence-electron chi connectivity index (χ0n) is 18.5. The number of nitrogens with one attached hydrogen (secondary N) is 3. The fourth-order valence-electron chi connectivity index (χ4n) is 6.27. The molecule has 3 N–H and O–H groups in total. The normalized spacial score (nSPS) is 28.1.